The minimum Gasteiger partial charge on any atom is -0.497 e. The first-order valence-corrected chi connectivity index (χ1v) is 8.92. The van der Waals surface area contributed by atoms with Crippen LogP contribution in [-0.4, -0.2) is 32.3 Å². The van der Waals surface area contributed by atoms with Crippen molar-refractivity contribution in [3.05, 3.63) is 48.3 Å². The summed E-state index contributed by atoms with van der Waals surface area (Å²) in [6.45, 7) is 2.45. The van der Waals surface area contributed by atoms with Gasteiger partial charge in [-0.3, -0.25) is 0 Å². The van der Waals surface area contributed by atoms with Crippen LogP contribution in [0.15, 0.2) is 47.5 Å². The molecule has 1 aromatic heterocycles. The summed E-state index contributed by atoms with van der Waals surface area (Å²) < 4.78 is 32.0. The van der Waals surface area contributed by atoms with Crippen LogP contribution in [0, 0.1) is 0 Å². The summed E-state index contributed by atoms with van der Waals surface area (Å²) >= 11 is 0. The van der Waals surface area contributed by atoms with E-state index in [2.05, 4.69) is 21.8 Å². The Bertz CT molecular complexity index is 703. The van der Waals surface area contributed by atoms with E-state index in [1.54, 1.807) is 25.4 Å². The molecule has 0 amide bonds. The van der Waals surface area contributed by atoms with Crippen molar-refractivity contribution in [1.82, 2.24) is 14.9 Å². The molecule has 0 saturated heterocycles. The monoisotopic (exact) mass is 335 g/mol. The van der Waals surface area contributed by atoms with Gasteiger partial charge in [-0.05, 0) is 49.2 Å². The summed E-state index contributed by atoms with van der Waals surface area (Å²) in [5, 5.41) is 7.92. The first-order chi connectivity index (χ1) is 11.0. The number of aromatic nitrogens is 2. The highest BCUT2D eigenvalue weighted by Gasteiger charge is 2.14. The van der Waals surface area contributed by atoms with Crippen molar-refractivity contribution in [2.24, 2.45) is 0 Å². The van der Waals surface area contributed by atoms with Crippen LogP contribution < -0.4 is 9.46 Å². The highest BCUT2D eigenvalue weighted by molar-refractivity contribution is 7.89. The number of nitrogens with zero attached hydrogens (tertiary/aromatic N) is 2. The maximum Gasteiger partial charge on any atom is 0.240 e. The highest BCUT2D eigenvalue weighted by atomic mass is 32.2. The maximum absolute atomic E-state index is 12.2. The molecule has 0 fully saturated rings. The summed E-state index contributed by atoms with van der Waals surface area (Å²) in [6, 6.07) is 10.1. The van der Waals surface area contributed by atoms with Gasteiger partial charge in [0.25, 0.3) is 0 Å². The smallest absolute Gasteiger partial charge is 0.240 e. The Morgan fingerprint density at radius 2 is 1.96 bits per heavy atom. The Morgan fingerprint density at radius 1 is 1.22 bits per heavy atom. The number of nitrogens with one attached hydrogen (secondary N) is 1. The molecule has 1 aromatic carbocycles. The molecule has 1 heterocycles. The lowest BCUT2D eigenvalue weighted by atomic mass is 10.0. The summed E-state index contributed by atoms with van der Waals surface area (Å²) in [5.41, 5.74) is 0.922. The third kappa shape index (κ3) is 5.01. The molecular weight excluding hydrogens is 314 g/mol. The van der Waals surface area contributed by atoms with E-state index in [0.29, 0.717) is 12.3 Å². The van der Waals surface area contributed by atoms with Crippen molar-refractivity contribution in [3.8, 4) is 5.75 Å². The Kier molecular flexibility index (Phi) is 6.06. The normalized spacial score (nSPS) is 12.8. The number of benzene rings is 1. The van der Waals surface area contributed by atoms with Crippen LogP contribution in [0.2, 0.25) is 0 Å². The van der Waals surface area contributed by atoms with Crippen molar-refractivity contribution in [1.29, 1.82) is 0 Å². The molecule has 124 valence electrons. The van der Waals surface area contributed by atoms with Gasteiger partial charge in [-0.1, -0.05) is 6.92 Å². The highest BCUT2D eigenvalue weighted by Crippen LogP contribution is 2.18. The predicted molar refractivity (Wildman–Crippen MR) is 87.9 cm³/mol. The minimum absolute atomic E-state index is 0.236. The van der Waals surface area contributed by atoms with Crippen LogP contribution >= 0.6 is 0 Å². The molecule has 1 unspecified atom stereocenters. The Hall–Kier alpha value is -1.99. The third-order valence-electron chi connectivity index (χ3n) is 3.57. The fourth-order valence-electron chi connectivity index (χ4n) is 2.18. The summed E-state index contributed by atoms with van der Waals surface area (Å²) in [4.78, 5) is 0.236. The Morgan fingerprint density at radius 3 is 2.57 bits per heavy atom. The SMILES string of the molecule is COc1ccc(S(=O)(=O)NCCCC(C)c2cccnn2)cc1. The average molecular weight is 335 g/mol. The fourth-order valence-corrected chi connectivity index (χ4v) is 3.25. The summed E-state index contributed by atoms with van der Waals surface area (Å²) in [6.07, 6.45) is 3.20. The predicted octanol–water partition coefficient (Wildman–Crippen LogP) is 2.35. The Balaban J connectivity index is 1.82. The molecule has 0 aliphatic rings. The minimum atomic E-state index is -3.48. The molecule has 0 saturated carbocycles. The van der Waals surface area contributed by atoms with Gasteiger partial charge in [0.05, 0.1) is 17.7 Å². The van der Waals surface area contributed by atoms with Crippen LogP contribution in [0.4, 0.5) is 0 Å². The van der Waals surface area contributed by atoms with E-state index in [0.717, 1.165) is 18.5 Å². The van der Waals surface area contributed by atoms with Crippen LogP contribution in [-0.2, 0) is 10.0 Å². The van der Waals surface area contributed by atoms with E-state index in [4.69, 9.17) is 4.74 Å². The molecule has 1 atom stereocenters. The lowest BCUT2D eigenvalue weighted by molar-refractivity contribution is 0.414. The van der Waals surface area contributed by atoms with E-state index in [-0.39, 0.29) is 10.8 Å². The molecule has 6 nitrogen and oxygen atoms in total. The van der Waals surface area contributed by atoms with Crippen molar-refractivity contribution >= 4 is 10.0 Å². The molecule has 0 spiro atoms. The van der Waals surface area contributed by atoms with E-state index in [9.17, 15) is 8.42 Å². The molecule has 2 rings (SSSR count). The van der Waals surface area contributed by atoms with Gasteiger partial charge in [-0.15, -0.1) is 0 Å². The maximum atomic E-state index is 12.2. The van der Waals surface area contributed by atoms with Crippen LogP contribution in [0.1, 0.15) is 31.4 Å². The summed E-state index contributed by atoms with van der Waals surface area (Å²) in [5.74, 6) is 0.871. The number of hydrogen-bond donors (Lipinski definition) is 1. The zero-order chi connectivity index (χ0) is 16.7. The lowest BCUT2D eigenvalue weighted by Gasteiger charge is -2.11. The van der Waals surface area contributed by atoms with Gasteiger partial charge >= 0.3 is 0 Å². The van der Waals surface area contributed by atoms with Crippen molar-refractivity contribution < 1.29 is 13.2 Å². The van der Waals surface area contributed by atoms with Crippen LogP contribution in [0.5, 0.6) is 5.75 Å². The van der Waals surface area contributed by atoms with Gasteiger partial charge < -0.3 is 4.74 Å². The molecule has 7 heteroatoms. The van der Waals surface area contributed by atoms with Crippen molar-refractivity contribution in [3.63, 3.8) is 0 Å². The van der Waals surface area contributed by atoms with Gasteiger partial charge in [0.1, 0.15) is 5.75 Å². The fraction of sp³-hybridized carbons (Fsp3) is 0.375. The summed E-state index contributed by atoms with van der Waals surface area (Å²) in [7, 11) is -1.94. The molecule has 0 bridgehead atoms. The van der Waals surface area contributed by atoms with Gasteiger partial charge in [0, 0.05) is 18.7 Å². The number of methoxy groups -OCH3 is 1. The molecule has 0 aliphatic carbocycles. The third-order valence-corrected chi connectivity index (χ3v) is 5.05. The second kappa shape index (κ2) is 8.03. The average Bonchev–Trinajstić information content (AvgIpc) is 2.59. The second-order valence-electron chi connectivity index (χ2n) is 5.27. The second-order valence-corrected chi connectivity index (χ2v) is 7.03. The number of sulfonamides is 1. The largest absolute Gasteiger partial charge is 0.497 e. The van der Waals surface area contributed by atoms with Crippen LogP contribution in [0.25, 0.3) is 0 Å². The van der Waals surface area contributed by atoms with Crippen LogP contribution in [0.3, 0.4) is 0 Å². The molecular formula is C16H21N3O3S. The molecule has 0 aliphatic heterocycles. The quantitative estimate of drug-likeness (QED) is 0.749. The zero-order valence-electron chi connectivity index (χ0n) is 13.3. The van der Waals surface area contributed by atoms with E-state index >= 15 is 0 Å². The van der Waals surface area contributed by atoms with Gasteiger partial charge in [-0.25, -0.2) is 13.1 Å². The van der Waals surface area contributed by atoms with Gasteiger partial charge in [0.2, 0.25) is 10.0 Å². The van der Waals surface area contributed by atoms with Gasteiger partial charge in [0.15, 0.2) is 0 Å². The lowest BCUT2D eigenvalue weighted by Crippen LogP contribution is -2.25. The molecule has 1 N–H and O–H groups in total. The first kappa shape index (κ1) is 17.4. The van der Waals surface area contributed by atoms with Crippen molar-refractivity contribution in [2.75, 3.05) is 13.7 Å². The van der Waals surface area contributed by atoms with E-state index in [1.807, 2.05) is 12.1 Å². The number of ether oxygens (including phenoxy) is 1. The molecule has 0 radical (unpaired) electrons. The Labute approximate surface area is 137 Å². The van der Waals surface area contributed by atoms with E-state index < -0.39 is 10.0 Å². The van der Waals surface area contributed by atoms with Crippen molar-refractivity contribution in [2.45, 2.75) is 30.6 Å². The standard InChI is InChI=1S/C16H21N3O3S/c1-13(16-6-4-11-17-19-16)5-3-12-18-23(20,21)15-9-7-14(22-2)8-10-15/h4,6-11,13,18H,3,5,12H2,1-2H3. The molecule has 23 heavy (non-hydrogen) atoms. The number of hydrogen-bond acceptors (Lipinski definition) is 5. The van der Waals surface area contributed by atoms with E-state index in [1.165, 1.54) is 12.1 Å². The van der Waals surface area contributed by atoms with Gasteiger partial charge in [-0.2, -0.15) is 10.2 Å². The topological polar surface area (TPSA) is 81.2 Å². The zero-order valence-corrected chi connectivity index (χ0v) is 14.1. The molecule has 2 aromatic rings. The first-order valence-electron chi connectivity index (χ1n) is 7.44. The number of rotatable bonds is 8.